The van der Waals surface area contributed by atoms with Gasteiger partial charge in [0.25, 0.3) is 10.2 Å². The maximum absolute atomic E-state index is 13.6. The summed E-state index contributed by atoms with van der Waals surface area (Å²) in [6.07, 6.45) is 1.99. The molecule has 3 fully saturated rings. The normalized spacial score (nSPS) is 25.3. The zero-order valence-corrected chi connectivity index (χ0v) is 15.8. The van der Waals surface area contributed by atoms with Gasteiger partial charge in [0.2, 0.25) is 0 Å². The first kappa shape index (κ1) is 18.6. The van der Waals surface area contributed by atoms with Crippen molar-refractivity contribution in [3.8, 4) is 5.75 Å². The molecule has 0 saturated carbocycles. The number of halogens is 1. The van der Waals surface area contributed by atoms with E-state index in [9.17, 15) is 12.8 Å². The molecule has 0 radical (unpaired) electrons. The van der Waals surface area contributed by atoms with E-state index in [-0.39, 0.29) is 11.9 Å². The van der Waals surface area contributed by atoms with Gasteiger partial charge in [0, 0.05) is 51.9 Å². The standard InChI is InChI=1S/C17H26FN3O3S/c1-19(2)25(22,23)21-10-13-4-6-16(12-21)20(9-13)11-14-8-15(18)5-7-17(14)24-3/h5,7-8,13,16H,4,6,9-12H2,1-3H3/t13-,16-/m1/s1. The highest BCUT2D eigenvalue weighted by atomic mass is 32.2. The number of fused-ring (bicyclic) bond motifs is 4. The lowest BCUT2D eigenvalue weighted by Crippen LogP contribution is -2.45. The molecule has 0 aromatic heterocycles. The molecule has 4 rings (SSSR count). The molecule has 0 unspecified atom stereocenters. The fourth-order valence-electron chi connectivity index (χ4n) is 3.84. The number of methoxy groups -OCH3 is 1. The van der Waals surface area contributed by atoms with Gasteiger partial charge in [0.05, 0.1) is 7.11 Å². The van der Waals surface area contributed by atoms with E-state index in [1.807, 2.05) is 0 Å². The topological polar surface area (TPSA) is 53.1 Å². The third kappa shape index (κ3) is 3.81. The predicted molar refractivity (Wildman–Crippen MR) is 94.1 cm³/mol. The molecule has 3 aliphatic rings. The largest absolute Gasteiger partial charge is 0.496 e. The number of hydrogen-bond acceptors (Lipinski definition) is 4. The molecule has 0 aliphatic carbocycles. The van der Waals surface area contributed by atoms with Crippen molar-refractivity contribution in [3.05, 3.63) is 29.6 Å². The van der Waals surface area contributed by atoms with Gasteiger partial charge in [-0.25, -0.2) is 4.39 Å². The van der Waals surface area contributed by atoms with Crippen LogP contribution in [0.3, 0.4) is 0 Å². The lowest BCUT2D eigenvalue weighted by molar-refractivity contribution is 0.124. The summed E-state index contributed by atoms with van der Waals surface area (Å²) in [5.74, 6) is 0.680. The highest BCUT2D eigenvalue weighted by Gasteiger charge is 2.39. The van der Waals surface area contributed by atoms with Crippen LogP contribution in [-0.2, 0) is 16.8 Å². The fourth-order valence-corrected chi connectivity index (χ4v) is 5.06. The summed E-state index contributed by atoms with van der Waals surface area (Å²) in [6.45, 7) is 2.42. The van der Waals surface area contributed by atoms with Gasteiger partial charge in [-0.05, 0) is 37.0 Å². The van der Waals surface area contributed by atoms with Crippen LogP contribution in [0.2, 0.25) is 0 Å². The Morgan fingerprint density at radius 1 is 1.24 bits per heavy atom. The molecule has 2 atom stereocenters. The minimum Gasteiger partial charge on any atom is -0.496 e. The van der Waals surface area contributed by atoms with Crippen molar-refractivity contribution in [3.63, 3.8) is 0 Å². The average Bonchev–Trinajstić information content (AvgIpc) is 2.87. The van der Waals surface area contributed by atoms with E-state index in [4.69, 9.17) is 4.74 Å². The van der Waals surface area contributed by atoms with Crippen molar-refractivity contribution >= 4 is 10.2 Å². The number of piperidine rings is 1. The van der Waals surface area contributed by atoms with Gasteiger partial charge >= 0.3 is 0 Å². The SMILES string of the molecule is COc1ccc(F)cc1CN1C[C@H]2CC[C@@H]1CN(S(=O)(=O)N(C)C)C2. The lowest BCUT2D eigenvalue weighted by Gasteiger charge is -2.36. The predicted octanol–water partition coefficient (Wildman–Crippen LogP) is 1.54. The molecule has 6 nitrogen and oxygen atoms in total. The van der Waals surface area contributed by atoms with Gasteiger partial charge in [0.1, 0.15) is 11.6 Å². The van der Waals surface area contributed by atoms with E-state index >= 15 is 0 Å². The lowest BCUT2D eigenvalue weighted by atomic mass is 9.94. The number of benzene rings is 1. The van der Waals surface area contributed by atoms with Crippen molar-refractivity contribution in [2.45, 2.75) is 25.4 Å². The highest BCUT2D eigenvalue weighted by molar-refractivity contribution is 7.86. The van der Waals surface area contributed by atoms with E-state index < -0.39 is 10.2 Å². The summed E-state index contributed by atoms with van der Waals surface area (Å²) in [5.41, 5.74) is 0.803. The molecule has 1 aromatic carbocycles. The Morgan fingerprint density at radius 2 is 2.00 bits per heavy atom. The van der Waals surface area contributed by atoms with Crippen molar-refractivity contribution in [1.82, 2.24) is 13.5 Å². The summed E-state index contributed by atoms with van der Waals surface area (Å²) in [4.78, 5) is 2.27. The van der Waals surface area contributed by atoms with Crippen molar-refractivity contribution in [1.29, 1.82) is 0 Å². The first-order valence-corrected chi connectivity index (χ1v) is 9.95. The fraction of sp³-hybridized carbons (Fsp3) is 0.647. The van der Waals surface area contributed by atoms with Crippen LogP contribution in [0.15, 0.2) is 18.2 Å². The van der Waals surface area contributed by atoms with Crippen LogP contribution in [0.1, 0.15) is 18.4 Å². The van der Waals surface area contributed by atoms with Gasteiger partial charge in [-0.15, -0.1) is 0 Å². The van der Waals surface area contributed by atoms with Gasteiger partial charge in [0.15, 0.2) is 0 Å². The summed E-state index contributed by atoms with van der Waals surface area (Å²) in [6, 6.07) is 4.68. The number of ether oxygens (including phenoxy) is 1. The van der Waals surface area contributed by atoms with E-state index in [2.05, 4.69) is 4.90 Å². The zero-order valence-electron chi connectivity index (χ0n) is 15.0. The molecule has 140 valence electrons. The second kappa shape index (κ2) is 7.19. The molecule has 3 heterocycles. The Kier molecular flexibility index (Phi) is 5.34. The molecule has 0 N–H and O–H groups in total. The van der Waals surface area contributed by atoms with Crippen LogP contribution in [-0.4, -0.2) is 68.8 Å². The molecule has 0 amide bonds. The smallest absolute Gasteiger partial charge is 0.281 e. The maximum Gasteiger partial charge on any atom is 0.281 e. The Bertz CT molecular complexity index is 726. The third-order valence-corrected chi connectivity index (χ3v) is 7.07. The molecule has 25 heavy (non-hydrogen) atoms. The summed E-state index contributed by atoms with van der Waals surface area (Å²) in [5, 5.41) is 0. The van der Waals surface area contributed by atoms with Crippen molar-refractivity contribution in [2.24, 2.45) is 5.92 Å². The molecular formula is C17H26FN3O3S. The van der Waals surface area contributed by atoms with Crippen LogP contribution in [0.25, 0.3) is 0 Å². The minimum atomic E-state index is -3.41. The number of rotatable bonds is 5. The van der Waals surface area contributed by atoms with E-state index in [0.717, 1.165) is 24.9 Å². The average molecular weight is 371 g/mol. The highest BCUT2D eigenvalue weighted by Crippen LogP contribution is 2.32. The summed E-state index contributed by atoms with van der Waals surface area (Å²) >= 11 is 0. The first-order valence-electron chi connectivity index (χ1n) is 8.55. The van der Waals surface area contributed by atoms with Gasteiger partial charge < -0.3 is 4.74 Å². The van der Waals surface area contributed by atoms with E-state index in [0.29, 0.717) is 31.3 Å². The van der Waals surface area contributed by atoms with Gasteiger partial charge in [-0.2, -0.15) is 17.0 Å². The second-order valence-electron chi connectivity index (χ2n) is 7.09. The molecule has 8 heteroatoms. The summed E-state index contributed by atoms with van der Waals surface area (Å²) < 4.78 is 46.9. The second-order valence-corrected chi connectivity index (χ2v) is 9.23. The van der Waals surface area contributed by atoms with Crippen molar-refractivity contribution < 1.29 is 17.5 Å². The quantitative estimate of drug-likeness (QED) is 0.788. The summed E-state index contributed by atoms with van der Waals surface area (Å²) in [7, 11) is 1.30. The third-order valence-electron chi connectivity index (χ3n) is 5.20. The van der Waals surface area contributed by atoms with Crippen LogP contribution >= 0.6 is 0 Å². The number of hydrogen-bond donors (Lipinski definition) is 0. The van der Waals surface area contributed by atoms with Crippen LogP contribution in [0, 0.1) is 11.7 Å². The van der Waals surface area contributed by atoms with Gasteiger partial charge in [-0.1, -0.05) is 0 Å². The number of nitrogens with zero attached hydrogens (tertiary/aromatic N) is 3. The van der Waals surface area contributed by atoms with Crippen molar-refractivity contribution in [2.75, 3.05) is 40.8 Å². The van der Waals surface area contributed by atoms with Crippen LogP contribution in [0.5, 0.6) is 5.75 Å². The van der Waals surface area contributed by atoms with Crippen LogP contribution < -0.4 is 4.74 Å². The molecule has 2 bridgehead atoms. The van der Waals surface area contributed by atoms with Gasteiger partial charge in [-0.3, -0.25) is 4.90 Å². The Balaban J connectivity index is 1.81. The molecule has 3 aliphatic heterocycles. The Morgan fingerprint density at radius 3 is 2.68 bits per heavy atom. The minimum absolute atomic E-state index is 0.140. The molecule has 3 saturated heterocycles. The molecule has 1 aromatic rings. The zero-order chi connectivity index (χ0) is 18.2. The molecular weight excluding hydrogens is 345 g/mol. The van der Waals surface area contributed by atoms with E-state index in [1.54, 1.807) is 31.6 Å². The Hall–Kier alpha value is -1.22. The first-order chi connectivity index (χ1) is 11.8. The Labute approximate surface area is 149 Å². The maximum atomic E-state index is 13.6. The molecule has 0 spiro atoms. The monoisotopic (exact) mass is 371 g/mol. The van der Waals surface area contributed by atoms with Crippen LogP contribution in [0.4, 0.5) is 4.39 Å². The van der Waals surface area contributed by atoms with E-state index in [1.165, 1.54) is 16.4 Å².